The molecule has 0 fully saturated rings. The van der Waals surface area contributed by atoms with Crippen LogP contribution in [0.2, 0.25) is 0 Å². The molecule has 0 bridgehead atoms. The van der Waals surface area contributed by atoms with Crippen molar-refractivity contribution >= 4 is 5.91 Å². The molecule has 5 nitrogen and oxygen atoms in total. The minimum atomic E-state index is -0.761. The average Bonchev–Trinajstić information content (AvgIpc) is 3.11. The van der Waals surface area contributed by atoms with Crippen LogP contribution in [0.5, 0.6) is 0 Å². The number of hydrogen-bond acceptors (Lipinski definition) is 3. The highest BCUT2D eigenvalue weighted by Gasteiger charge is 2.16. The Balaban J connectivity index is 1.73. The SMILES string of the molecule is C[C@@H](NC(=O)c1cc(F)ccc1F)c1ccc(-n2cncn2)cc1. The Hall–Kier alpha value is -3.09. The highest BCUT2D eigenvalue weighted by Crippen LogP contribution is 2.17. The number of amides is 1. The molecule has 0 aliphatic carbocycles. The first-order valence-electron chi connectivity index (χ1n) is 7.25. The van der Waals surface area contributed by atoms with Crippen molar-refractivity contribution in [2.75, 3.05) is 0 Å². The first kappa shape index (κ1) is 15.8. The quantitative estimate of drug-likeness (QED) is 0.801. The predicted molar refractivity (Wildman–Crippen MR) is 83.6 cm³/mol. The largest absolute Gasteiger partial charge is 0.345 e. The Morgan fingerprint density at radius 1 is 1.17 bits per heavy atom. The van der Waals surface area contributed by atoms with Crippen molar-refractivity contribution in [3.8, 4) is 5.69 Å². The highest BCUT2D eigenvalue weighted by molar-refractivity contribution is 5.94. The van der Waals surface area contributed by atoms with Gasteiger partial charge in [0.15, 0.2) is 0 Å². The van der Waals surface area contributed by atoms with Gasteiger partial charge in [0.2, 0.25) is 0 Å². The summed E-state index contributed by atoms with van der Waals surface area (Å²) < 4.78 is 28.4. The minimum absolute atomic E-state index is 0.318. The maximum absolute atomic E-state index is 13.6. The lowest BCUT2D eigenvalue weighted by molar-refractivity contribution is 0.0935. The van der Waals surface area contributed by atoms with Gasteiger partial charge >= 0.3 is 0 Å². The van der Waals surface area contributed by atoms with Gasteiger partial charge in [-0.15, -0.1) is 0 Å². The minimum Gasteiger partial charge on any atom is -0.345 e. The summed E-state index contributed by atoms with van der Waals surface area (Å²) in [5.41, 5.74) is 1.33. The van der Waals surface area contributed by atoms with Gasteiger partial charge in [-0.05, 0) is 42.8 Å². The van der Waals surface area contributed by atoms with Crippen molar-refractivity contribution in [3.05, 3.63) is 77.9 Å². The van der Waals surface area contributed by atoms with Crippen molar-refractivity contribution < 1.29 is 13.6 Å². The summed E-state index contributed by atoms with van der Waals surface area (Å²) >= 11 is 0. The number of nitrogens with one attached hydrogen (secondary N) is 1. The third kappa shape index (κ3) is 3.29. The molecule has 1 atom stereocenters. The second-order valence-corrected chi connectivity index (χ2v) is 5.25. The van der Waals surface area contributed by atoms with E-state index in [1.165, 1.54) is 6.33 Å². The third-order valence-electron chi connectivity index (χ3n) is 3.60. The zero-order valence-electron chi connectivity index (χ0n) is 12.8. The fourth-order valence-corrected chi connectivity index (χ4v) is 2.29. The number of hydrogen-bond donors (Lipinski definition) is 1. The average molecular weight is 328 g/mol. The fourth-order valence-electron chi connectivity index (χ4n) is 2.29. The van der Waals surface area contributed by atoms with Crippen molar-refractivity contribution in [2.45, 2.75) is 13.0 Å². The van der Waals surface area contributed by atoms with Crippen molar-refractivity contribution in [2.24, 2.45) is 0 Å². The number of nitrogens with zero attached hydrogens (tertiary/aromatic N) is 3. The normalized spacial score (nSPS) is 12.0. The van der Waals surface area contributed by atoms with E-state index >= 15 is 0 Å². The number of benzene rings is 2. The van der Waals surface area contributed by atoms with Gasteiger partial charge in [-0.25, -0.2) is 18.4 Å². The lowest BCUT2D eigenvalue weighted by Crippen LogP contribution is -2.27. The molecule has 0 spiro atoms. The van der Waals surface area contributed by atoms with E-state index in [4.69, 9.17) is 0 Å². The molecule has 0 saturated heterocycles. The van der Waals surface area contributed by atoms with Crippen LogP contribution < -0.4 is 5.32 Å². The van der Waals surface area contributed by atoms with Crippen LogP contribution in [-0.4, -0.2) is 20.7 Å². The van der Waals surface area contributed by atoms with Gasteiger partial charge in [-0.2, -0.15) is 5.10 Å². The fraction of sp³-hybridized carbons (Fsp3) is 0.118. The highest BCUT2D eigenvalue weighted by atomic mass is 19.1. The lowest BCUT2D eigenvalue weighted by Gasteiger charge is -2.15. The van der Waals surface area contributed by atoms with Gasteiger partial charge < -0.3 is 5.32 Å². The van der Waals surface area contributed by atoms with E-state index in [2.05, 4.69) is 15.4 Å². The number of aromatic nitrogens is 3. The van der Waals surface area contributed by atoms with Crippen LogP contribution in [0.25, 0.3) is 5.69 Å². The number of carbonyl (C=O) groups is 1. The summed E-state index contributed by atoms with van der Waals surface area (Å²) in [7, 11) is 0. The van der Waals surface area contributed by atoms with E-state index in [-0.39, 0.29) is 11.6 Å². The van der Waals surface area contributed by atoms with Gasteiger partial charge in [-0.3, -0.25) is 4.79 Å². The molecule has 1 amide bonds. The van der Waals surface area contributed by atoms with E-state index in [0.29, 0.717) is 0 Å². The Labute approximate surface area is 137 Å². The van der Waals surface area contributed by atoms with E-state index < -0.39 is 17.5 Å². The Kier molecular flexibility index (Phi) is 4.33. The van der Waals surface area contributed by atoms with Crippen LogP contribution in [0.3, 0.4) is 0 Å². The van der Waals surface area contributed by atoms with Crippen molar-refractivity contribution in [3.63, 3.8) is 0 Å². The van der Waals surface area contributed by atoms with Crippen molar-refractivity contribution in [1.82, 2.24) is 20.1 Å². The Morgan fingerprint density at radius 2 is 1.92 bits per heavy atom. The molecule has 0 unspecified atom stereocenters. The molecule has 0 radical (unpaired) electrons. The third-order valence-corrected chi connectivity index (χ3v) is 3.60. The first-order valence-corrected chi connectivity index (χ1v) is 7.25. The van der Waals surface area contributed by atoms with Crippen LogP contribution in [0.4, 0.5) is 8.78 Å². The Bertz CT molecular complexity index is 848. The molecule has 2 aromatic carbocycles. The number of halogens is 2. The van der Waals surface area contributed by atoms with Crippen molar-refractivity contribution in [1.29, 1.82) is 0 Å². The van der Waals surface area contributed by atoms with E-state index in [1.54, 1.807) is 17.9 Å². The number of rotatable bonds is 4. The van der Waals surface area contributed by atoms with Gasteiger partial charge in [0, 0.05) is 0 Å². The zero-order valence-corrected chi connectivity index (χ0v) is 12.8. The molecule has 0 aliphatic rings. The van der Waals surface area contributed by atoms with E-state index in [0.717, 1.165) is 29.4 Å². The van der Waals surface area contributed by atoms with Gasteiger partial charge in [0.25, 0.3) is 5.91 Å². The molecule has 3 aromatic rings. The van der Waals surface area contributed by atoms with Crippen LogP contribution in [-0.2, 0) is 0 Å². The van der Waals surface area contributed by atoms with E-state index in [9.17, 15) is 13.6 Å². The summed E-state index contributed by atoms with van der Waals surface area (Å²) in [6, 6.07) is 9.72. The van der Waals surface area contributed by atoms with Crippen LogP contribution >= 0.6 is 0 Å². The van der Waals surface area contributed by atoms with Gasteiger partial charge in [0.05, 0.1) is 17.3 Å². The zero-order chi connectivity index (χ0) is 17.1. The Morgan fingerprint density at radius 3 is 2.58 bits per heavy atom. The van der Waals surface area contributed by atoms with Gasteiger partial charge in [0.1, 0.15) is 24.3 Å². The predicted octanol–water partition coefficient (Wildman–Crippen LogP) is 3.04. The second kappa shape index (κ2) is 6.57. The molecule has 122 valence electrons. The van der Waals surface area contributed by atoms with E-state index in [1.807, 2.05) is 24.3 Å². The second-order valence-electron chi connectivity index (χ2n) is 5.25. The standard InChI is InChI=1S/C17H14F2N4O/c1-11(22-17(24)15-8-13(18)4-7-16(15)19)12-2-5-14(6-3-12)23-10-20-9-21-23/h2-11H,1H3,(H,22,24)/t11-/m1/s1. The number of carbonyl (C=O) groups excluding carboxylic acids is 1. The molecule has 24 heavy (non-hydrogen) atoms. The molecule has 0 aliphatic heterocycles. The topological polar surface area (TPSA) is 59.8 Å². The summed E-state index contributed by atoms with van der Waals surface area (Å²) in [5.74, 6) is -2.09. The van der Waals surface area contributed by atoms with Crippen LogP contribution in [0.1, 0.15) is 28.9 Å². The van der Waals surface area contributed by atoms with Crippen LogP contribution in [0.15, 0.2) is 55.1 Å². The molecule has 1 aromatic heterocycles. The smallest absolute Gasteiger partial charge is 0.254 e. The molecule has 7 heteroatoms. The molecule has 3 rings (SSSR count). The maximum Gasteiger partial charge on any atom is 0.254 e. The summed E-state index contributed by atoms with van der Waals surface area (Å²) in [6.07, 6.45) is 3.01. The molecular formula is C17H14F2N4O. The summed E-state index contributed by atoms with van der Waals surface area (Å²) in [6.45, 7) is 1.76. The molecule has 1 N–H and O–H groups in total. The monoisotopic (exact) mass is 328 g/mol. The van der Waals surface area contributed by atoms with Gasteiger partial charge in [-0.1, -0.05) is 12.1 Å². The first-order chi connectivity index (χ1) is 11.5. The van der Waals surface area contributed by atoms with Crippen LogP contribution in [0, 0.1) is 11.6 Å². The summed E-state index contributed by atoms with van der Waals surface area (Å²) in [4.78, 5) is 16.0. The molecule has 0 saturated carbocycles. The molecular weight excluding hydrogens is 314 g/mol. The summed E-state index contributed by atoms with van der Waals surface area (Å²) in [5, 5.41) is 6.68. The maximum atomic E-state index is 13.6. The molecule has 1 heterocycles. The lowest BCUT2D eigenvalue weighted by atomic mass is 10.1.